The molecule has 3 aromatic heterocycles. The summed E-state index contributed by atoms with van der Waals surface area (Å²) in [4.78, 5) is 23.3. The number of ether oxygens (including phenoxy) is 2. The summed E-state index contributed by atoms with van der Waals surface area (Å²) in [5, 5.41) is 5.23. The number of hydrogen-bond acceptors (Lipinski definition) is 5. The van der Waals surface area contributed by atoms with Crippen LogP contribution >= 0.6 is 11.6 Å². The van der Waals surface area contributed by atoms with Gasteiger partial charge in [-0.1, -0.05) is 17.7 Å². The van der Waals surface area contributed by atoms with E-state index in [9.17, 15) is 9.18 Å². The molecule has 8 nitrogen and oxygen atoms in total. The average Bonchev–Trinajstić information content (AvgIpc) is 3.58. The van der Waals surface area contributed by atoms with E-state index in [1.807, 2.05) is 23.0 Å². The number of H-pyrrole nitrogens is 1. The quantitative estimate of drug-likeness (QED) is 0.412. The van der Waals surface area contributed by atoms with Crippen LogP contribution in [0.3, 0.4) is 0 Å². The molecular formula is C26H25ClFN5O3. The van der Waals surface area contributed by atoms with Crippen molar-refractivity contribution in [3.05, 3.63) is 70.9 Å². The van der Waals surface area contributed by atoms with Gasteiger partial charge in [0, 0.05) is 36.5 Å². The van der Waals surface area contributed by atoms with Crippen LogP contribution in [0.1, 0.15) is 47.5 Å². The topological polar surface area (TPSA) is 85.3 Å². The fourth-order valence-electron chi connectivity index (χ4n) is 4.90. The average molecular weight is 510 g/mol. The summed E-state index contributed by atoms with van der Waals surface area (Å²) < 4.78 is 27.0. The van der Waals surface area contributed by atoms with Gasteiger partial charge in [0.15, 0.2) is 0 Å². The molecule has 0 saturated carbocycles. The van der Waals surface area contributed by atoms with Crippen molar-refractivity contribution in [1.29, 1.82) is 0 Å². The van der Waals surface area contributed by atoms with Gasteiger partial charge in [-0.2, -0.15) is 5.10 Å². The van der Waals surface area contributed by atoms with Crippen LogP contribution in [0.5, 0.6) is 0 Å². The van der Waals surface area contributed by atoms with Crippen molar-refractivity contribution in [2.75, 3.05) is 26.4 Å². The minimum Gasteiger partial charge on any atom is -0.377 e. The number of rotatable bonds is 4. The number of fused-ring (bicyclic) bond motifs is 1. The Balaban J connectivity index is 1.27. The van der Waals surface area contributed by atoms with Crippen molar-refractivity contribution >= 4 is 28.5 Å². The Labute approximate surface area is 212 Å². The Hall–Kier alpha value is -3.27. The van der Waals surface area contributed by atoms with E-state index in [1.54, 1.807) is 29.4 Å². The molecule has 0 aliphatic carbocycles. The highest BCUT2D eigenvalue weighted by Gasteiger charge is 2.31. The fourth-order valence-corrected chi connectivity index (χ4v) is 5.09. The molecule has 1 N–H and O–H groups in total. The number of nitrogens with one attached hydrogen (secondary N) is 1. The van der Waals surface area contributed by atoms with E-state index in [4.69, 9.17) is 26.1 Å². The SMILES string of the molecule is O=C(c1c[nH]c2nc(-c3cnn(C4CCCCO4)c3)ccc12)N1CCOC[C@@H]1c1ccc(F)c(Cl)c1. The third kappa shape index (κ3) is 4.27. The summed E-state index contributed by atoms with van der Waals surface area (Å²) in [6.07, 6.45) is 8.54. The molecule has 186 valence electrons. The molecule has 0 radical (unpaired) electrons. The van der Waals surface area contributed by atoms with Gasteiger partial charge in [-0.15, -0.1) is 0 Å². The van der Waals surface area contributed by atoms with Crippen molar-refractivity contribution in [1.82, 2.24) is 24.6 Å². The number of hydrogen-bond donors (Lipinski definition) is 1. The molecule has 5 heterocycles. The van der Waals surface area contributed by atoms with Gasteiger partial charge in [0.25, 0.3) is 5.91 Å². The lowest BCUT2D eigenvalue weighted by Crippen LogP contribution is -2.43. The van der Waals surface area contributed by atoms with Crippen molar-refractivity contribution in [3.63, 3.8) is 0 Å². The van der Waals surface area contributed by atoms with E-state index in [1.165, 1.54) is 6.07 Å². The first-order chi connectivity index (χ1) is 17.6. The molecule has 2 aliphatic heterocycles. The van der Waals surface area contributed by atoms with Gasteiger partial charge in [0.05, 0.1) is 41.7 Å². The molecule has 6 rings (SSSR count). The molecule has 0 bridgehead atoms. The lowest BCUT2D eigenvalue weighted by molar-refractivity contribution is -0.0394. The minimum absolute atomic E-state index is 0.0210. The normalized spacial score (nSPS) is 20.7. The number of nitrogens with zero attached hydrogens (tertiary/aromatic N) is 4. The number of halogens is 2. The van der Waals surface area contributed by atoms with Gasteiger partial charge in [-0.05, 0) is 49.1 Å². The Morgan fingerprint density at radius 2 is 2.11 bits per heavy atom. The second kappa shape index (κ2) is 9.65. The first-order valence-corrected chi connectivity index (χ1v) is 12.4. The van der Waals surface area contributed by atoms with E-state index >= 15 is 0 Å². The molecule has 36 heavy (non-hydrogen) atoms. The monoisotopic (exact) mass is 509 g/mol. The van der Waals surface area contributed by atoms with Crippen LogP contribution in [0.25, 0.3) is 22.3 Å². The maximum absolute atomic E-state index is 13.7. The smallest absolute Gasteiger partial charge is 0.256 e. The maximum atomic E-state index is 13.7. The van der Waals surface area contributed by atoms with Crippen molar-refractivity contribution in [2.45, 2.75) is 31.5 Å². The van der Waals surface area contributed by atoms with E-state index in [-0.39, 0.29) is 23.2 Å². The molecule has 10 heteroatoms. The summed E-state index contributed by atoms with van der Waals surface area (Å²) in [6.45, 7) is 1.91. The molecule has 2 saturated heterocycles. The van der Waals surface area contributed by atoms with Crippen LogP contribution in [-0.2, 0) is 9.47 Å². The molecule has 2 fully saturated rings. The molecule has 4 aromatic rings. The number of carbonyl (C=O) groups is 1. The van der Waals surface area contributed by atoms with Gasteiger partial charge in [0.1, 0.15) is 17.7 Å². The molecule has 2 atom stereocenters. The molecule has 1 amide bonds. The van der Waals surface area contributed by atoms with Gasteiger partial charge in [0.2, 0.25) is 0 Å². The number of aromatic nitrogens is 4. The number of amides is 1. The van der Waals surface area contributed by atoms with Crippen molar-refractivity contribution in [3.8, 4) is 11.3 Å². The third-order valence-corrected chi connectivity index (χ3v) is 7.12. The highest BCUT2D eigenvalue weighted by molar-refractivity contribution is 6.30. The zero-order chi connectivity index (χ0) is 24.6. The molecule has 1 unspecified atom stereocenters. The van der Waals surface area contributed by atoms with Crippen molar-refractivity contribution < 1.29 is 18.7 Å². The van der Waals surface area contributed by atoms with Crippen LogP contribution in [0, 0.1) is 5.82 Å². The van der Waals surface area contributed by atoms with Crippen LogP contribution in [-0.4, -0.2) is 56.9 Å². The van der Waals surface area contributed by atoms with Crippen LogP contribution < -0.4 is 0 Å². The van der Waals surface area contributed by atoms with E-state index in [0.717, 1.165) is 48.1 Å². The third-order valence-electron chi connectivity index (χ3n) is 6.83. The molecule has 1 aromatic carbocycles. The predicted octanol–water partition coefficient (Wildman–Crippen LogP) is 5.13. The van der Waals surface area contributed by atoms with E-state index in [0.29, 0.717) is 31.0 Å². The first-order valence-electron chi connectivity index (χ1n) is 12.1. The Bertz CT molecular complexity index is 1410. The van der Waals surface area contributed by atoms with Gasteiger partial charge >= 0.3 is 0 Å². The Morgan fingerprint density at radius 3 is 2.94 bits per heavy atom. The molecular weight excluding hydrogens is 485 g/mol. The summed E-state index contributed by atoms with van der Waals surface area (Å²) in [5.74, 6) is -0.642. The van der Waals surface area contributed by atoms with Gasteiger partial charge < -0.3 is 19.4 Å². The Kier molecular flexibility index (Phi) is 6.20. The Morgan fingerprint density at radius 1 is 1.19 bits per heavy atom. The van der Waals surface area contributed by atoms with Gasteiger partial charge in [-0.25, -0.2) is 14.1 Å². The largest absolute Gasteiger partial charge is 0.377 e. The fraction of sp³-hybridized carbons (Fsp3) is 0.346. The lowest BCUT2D eigenvalue weighted by atomic mass is 10.0. The van der Waals surface area contributed by atoms with Gasteiger partial charge in [-0.3, -0.25) is 4.79 Å². The highest BCUT2D eigenvalue weighted by Crippen LogP contribution is 2.31. The zero-order valence-electron chi connectivity index (χ0n) is 19.5. The van der Waals surface area contributed by atoms with Crippen LogP contribution in [0.4, 0.5) is 4.39 Å². The second-order valence-electron chi connectivity index (χ2n) is 9.09. The summed E-state index contributed by atoms with van der Waals surface area (Å²) >= 11 is 6.00. The first kappa shape index (κ1) is 23.1. The number of morpholine rings is 1. The standard InChI is InChI=1S/C26H25ClFN5O3/c27-20-11-16(4-6-21(20)28)23-15-35-10-8-32(23)26(34)19-13-29-25-18(19)5-7-22(31-25)17-12-30-33(14-17)24-3-1-2-9-36-24/h4-7,11-14,23-24H,1-3,8-10,15H2,(H,29,31)/t23-,24?/m1/s1. The zero-order valence-corrected chi connectivity index (χ0v) is 20.2. The molecule has 2 aliphatic rings. The van der Waals surface area contributed by atoms with E-state index in [2.05, 4.69) is 10.1 Å². The lowest BCUT2D eigenvalue weighted by Gasteiger charge is -2.36. The predicted molar refractivity (Wildman–Crippen MR) is 132 cm³/mol. The maximum Gasteiger partial charge on any atom is 0.256 e. The highest BCUT2D eigenvalue weighted by atomic mass is 35.5. The van der Waals surface area contributed by atoms with Crippen LogP contribution in [0.2, 0.25) is 5.02 Å². The number of benzene rings is 1. The molecule has 0 spiro atoms. The second-order valence-corrected chi connectivity index (χ2v) is 9.50. The van der Waals surface area contributed by atoms with E-state index < -0.39 is 5.82 Å². The van der Waals surface area contributed by atoms with Crippen molar-refractivity contribution in [2.24, 2.45) is 0 Å². The summed E-state index contributed by atoms with van der Waals surface area (Å²) in [6, 6.07) is 7.94. The van der Waals surface area contributed by atoms with Crippen LogP contribution in [0.15, 0.2) is 48.9 Å². The number of aromatic amines is 1. The minimum atomic E-state index is -0.495. The summed E-state index contributed by atoms with van der Waals surface area (Å²) in [7, 11) is 0. The number of pyridine rings is 1. The summed E-state index contributed by atoms with van der Waals surface area (Å²) in [5.41, 5.74) is 3.52. The number of carbonyl (C=O) groups excluding carboxylic acids is 1.